The van der Waals surface area contributed by atoms with Crippen molar-refractivity contribution in [2.75, 3.05) is 22.3 Å². The first-order valence-electron chi connectivity index (χ1n) is 28.9. The van der Waals surface area contributed by atoms with E-state index in [4.69, 9.17) is 77.4 Å². The van der Waals surface area contributed by atoms with Crippen LogP contribution in [0.2, 0.25) is 0 Å². The molecule has 0 aliphatic carbocycles. The van der Waals surface area contributed by atoms with Gasteiger partial charge in [-0.15, -0.1) is 10.2 Å². The Hall–Kier alpha value is -13.5. The summed E-state index contributed by atoms with van der Waals surface area (Å²) in [5.41, 5.74) is 24.1. The molecule has 31 heteroatoms. The predicted octanol–water partition coefficient (Wildman–Crippen LogP) is 12.9. The summed E-state index contributed by atoms with van der Waals surface area (Å²) in [6.45, 7) is 1.74. The standard InChI is InChI=1S/C26H20N6O5.2C12H8N4O.C12H12N2O.C8H8O2.CH2O3.2Na.H/c33-25(34)17-1-5-19(6-2-17)27-31-29-21-9-13-23(14-10-21)37-24-15-11-22(12-16-24)30-32-28-20-7-3-18(4-8-20)26(35)36;2*13-15-9-1-5-11(6-2-9)17-12-7-3-10(16-14)4-8-12;13-9-1-5-11(6-2-9)15-12-7-3-10(14)4-8-12;1-6-2-4-7(5-3-6)8(9)10;2-1-4-3;;;/h1-16H,(H,27,29)(H,28,30)(H,33,34)(H,35,36);2*1-8H;1-8H,13-14H2;2-5H,1H3,(H,9,10);1,3H;;;/q;2*+2;;;;2*+1;-1/p-1. The smallest absolute Gasteiger partial charge is 1.00 e. The largest absolute Gasteiger partial charge is 1.00 e. The van der Waals surface area contributed by atoms with Gasteiger partial charge in [-0.2, -0.15) is 0 Å². The fourth-order valence-electron chi connectivity index (χ4n) is 7.45. The van der Waals surface area contributed by atoms with E-state index in [9.17, 15) is 14.4 Å². The monoisotopic (exact) mass is 1390 g/mol. The zero-order chi connectivity index (χ0) is 71.9. The van der Waals surface area contributed by atoms with Gasteiger partial charge in [0, 0.05) is 59.9 Å². The van der Waals surface area contributed by atoms with Crippen molar-refractivity contribution in [1.29, 1.82) is 21.6 Å². The summed E-state index contributed by atoms with van der Waals surface area (Å²) >= 11 is 0. The van der Waals surface area contributed by atoms with Crippen LogP contribution >= 0.6 is 0 Å². The maximum Gasteiger partial charge on any atom is 1.00 e. The van der Waals surface area contributed by atoms with Crippen molar-refractivity contribution in [3.63, 3.8) is 0 Å². The second kappa shape index (κ2) is 44.4. The number of anilines is 4. The fraction of sp³-hybridized carbons (Fsp3) is 0.0141. The zero-order valence-electron chi connectivity index (χ0n) is 55.4. The van der Waals surface area contributed by atoms with Gasteiger partial charge in [0.05, 0.1) is 39.4 Å². The van der Waals surface area contributed by atoms with Crippen molar-refractivity contribution < 1.29 is 124 Å². The van der Waals surface area contributed by atoms with Crippen LogP contribution < -0.4 is 106 Å². The molecule has 11 rings (SSSR count). The number of carbonyl (C=O) groups is 4. The number of aromatic carboxylic acids is 3. The second-order valence-electron chi connectivity index (χ2n) is 19.7. The Balaban J connectivity index is 0.000000353. The third-order valence-electron chi connectivity index (χ3n) is 12.5. The maximum absolute atomic E-state index is 10.9. The normalized spacial score (nSPS) is 9.55. The minimum absolute atomic E-state index is 0. The van der Waals surface area contributed by atoms with Crippen LogP contribution in [0.1, 0.15) is 38.1 Å². The average Bonchev–Trinajstić information content (AvgIpc) is 0.918. The van der Waals surface area contributed by atoms with Gasteiger partial charge in [-0.25, -0.2) is 14.4 Å². The number of carboxylic acid groups (broad SMARTS) is 3. The van der Waals surface area contributed by atoms with E-state index in [2.05, 4.69) is 56.3 Å². The van der Waals surface area contributed by atoms with Crippen LogP contribution in [-0.4, -0.2) is 39.7 Å². The fourth-order valence-corrected chi connectivity index (χ4v) is 7.45. The molecule has 9 N–H and O–H groups in total. The van der Waals surface area contributed by atoms with E-state index in [-0.39, 0.29) is 78.1 Å². The van der Waals surface area contributed by atoms with Crippen molar-refractivity contribution in [1.82, 2.24) is 0 Å². The number of ether oxygens (including phenoxy) is 4. The SMILES string of the molecule is Cc1ccc(C(=O)O)cc1.N#[N+]c1ccc(Oc2ccc([N+]#N)cc2)cc1.N#[N+]c1ccc(Oc2ccc([N+]#N)cc2)cc1.Nc1ccc(Oc2ccc(N)cc2)cc1.O=C(O)c1ccc(NN=Nc2ccc(Oc3ccc(N=NNc4ccc(C(=O)O)cc4)cc3)cc2)cc1.O=CO[O-].[H-].[Na+].[Na+]. The molecular formula is C71H58N16Na2O13+4. The summed E-state index contributed by atoms with van der Waals surface area (Å²) in [4.78, 5) is 55.5. The summed E-state index contributed by atoms with van der Waals surface area (Å²) in [5, 5.41) is 84.8. The van der Waals surface area contributed by atoms with Crippen LogP contribution in [0.3, 0.4) is 0 Å². The van der Waals surface area contributed by atoms with Gasteiger partial charge in [0.1, 0.15) is 46.0 Å². The molecule has 0 aromatic heterocycles. The number of carboxylic acids is 3. The second-order valence-corrected chi connectivity index (χ2v) is 19.7. The third kappa shape index (κ3) is 29.9. The molecule has 102 heavy (non-hydrogen) atoms. The van der Waals surface area contributed by atoms with Crippen molar-refractivity contribution in [3.05, 3.63) is 309 Å². The maximum atomic E-state index is 10.9. The Labute approximate surface area is 627 Å². The molecule has 29 nitrogen and oxygen atoms in total. The molecule has 0 amide bonds. The molecule has 498 valence electrons. The Kier molecular flexibility index (Phi) is 35.2. The number of rotatable bonds is 18. The van der Waals surface area contributed by atoms with Crippen LogP contribution in [0.25, 0.3) is 19.9 Å². The number of benzene rings is 11. The van der Waals surface area contributed by atoms with Gasteiger partial charge >= 0.3 is 99.8 Å². The number of diazo groups is 4. The van der Waals surface area contributed by atoms with Gasteiger partial charge < -0.3 is 57.3 Å². The summed E-state index contributed by atoms with van der Waals surface area (Å²) in [6.07, 6.45) is 0. The number of aryl methyl sites for hydroxylation is 1. The Morgan fingerprint density at radius 1 is 0.382 bits per heavy atom. The molecular weight excluding hydrogens is 1330 g/mol. The number of carbonyl (C=O) groups excluding carboxylic acids is 1. The summed E-state index contributed by atoms with van der Waals surface area (Å²) in [5.74, 6) is 2.40. The first-order valence-corrected chi connectivity index (χ1v) is 28.9. The topological polar surface area (TPSA) is 436 Å². The number of hydrogen-bond acceptors (Lipinski definition) is 20. The number of nitrogens with one attached hydrogen (secondary N) is 2. The average molecular weight is 1390 g/mol. The van der Waals surface area contributed by atoms with Gasteiger partial charge in [-0.1, -0.05) is 28.1 Å². The van der Waals surface area contributed by atoms with Crippen molar-refractivity contribution in [3.8, 4) is 46.0 Å². The minimum Gasteiger partial charge on any atom is -1.00 e. The molecule has 0 spiro atoms. The molecule has 0 fully saturated rings. The van der Waals surface area contributed by atoms with E-state index in [1.165, 1.54) is 24.3 Å². The van der Waals surface area contributed by atoms with Crippen molar-refractivity contribution >= 4 is 81.3 Å². The van der Waals surface area contributed by atoms with E-state index < -0.39 is 17.9 Å². The van der Waals surface area contributed by atoms with Crippen molar-refractivity contribution in [2.24, 2.45) is 20.7 Å². The zero-order valence-corrected chi connectivity index (χ0v) is 58.4. The summed E-state index contributed by atoms with van der Waals surface area (Å²) in [7, 11) is 0. The number of nitrogens with two attached hydrogens (primary N) is 2. The predicted molar refractivity (Wildman–Crippen MR) is 369 cm³/mol. The minimum atomic E-state index is -0.992. The van der Waals surface area contributed by atoms with Crippen LogP contribution in [0.4, 0.5) is 56.9 Å². The molecule has 0 saturated carbocycles. The van der Waals surface area contributed by atoms with Crippen LogP contribution in [0.15, 0.2) is 288 Å². The molecule has 0 bridgehead atoms. The molecule has 11 aromatic rings. The quantitative estimate of drug-likeness (QED) is 0.00798. The van der Waals surface area contributed by atoms with Crippen LogP contribution in [0, 0.1) is 28.5 Å². The third-order valence-corrected chi connectivity index (χ3v) is 12.5. The Morgan fingerprint density at radius 3 is 0.794 bits per heavy atom. The molecule has 0 atom stereocenters. The summed E-state index contributed by atoms with van der Waals surface area (Å²) < 4.78 is 22.5. The van der Waals surface area contributed by atoms with Gasteiger partial charge in [-0.05, 0) is 213 Å². The number of nitrogens with zero attached hydrogens (tertiary/aromatic N) is 12. The van der Waals surface area contributed by atoms with E-state index in [0.29, 0.717) is 85.6 Å². The first kappa shape index (κ1) is 81.0. The molecule has 0 aliphatic rings. The van der Waals surface area contributed by atoms with Gasteiger partial charge in [0.25, 0.3) is 6.47 Å². The first-order chi connectivity index (χ1) is 48.4. The summed E-state index contributed by atoms with van der Waals surface area (Å²) in [6, 6.07) is 74.1. The van der Waals surface area contributed by atoms with E-state index in [1.807, 2.05) is 31.2 Å². The molecule has 0 unspecified atom stereocenters. The van der Waals surface area contributed by atoms with E-state index in [0.717, 1.165) is 28.4 Å². The Bertz CT molecular complexity index is 4290. The molecule has 0 aliphatic heterocycles. The van der Waals surface area contributed by atoms with E-state index in [1.54, 1.807) is 218 Å². The molecule has 0 heterocycles. The molecule has 11 aromatic carbocycles. The molecule has 0 radical (unpaired) electrons. The van der Waals surface area contributed by atoms with Gasteiger partial charge in [0.15, 0.2) is 19.9 Å². The number of nitrogen functional groups attached to an aromatic ring is 2. The van der Waals surface area contributed by atoms with Crippen LogP contribution in [-0.2, 0) is 9.68 Å². The van der Waals surface area contributed by atoms with Crippen molar-refractivity contribution in [2.45, 2.75) is 6.92 Å². The number of hydrogen-bond donors (Lipinski definition) is 7. The van der Waals surface area contributed by atoms with Gasteiger partial charge in [-0.3, -0.25) is 15.6 Å². The van der Waals surface area contributed by atoms with Crippen LogP contribution in [0.5, 0.6) is 46.0 Å². The van der Waals surface area contributed by atoms with Gasteiger partial charge in [0.2, 0.25) is 21.6 Å². The van der Waals surface area contributed by atoms with E-state index >= 15 is 0 Å². The molecule has 0 saturated heterocycles. The Morgan fingerprint density at radius 2 is 0.588 bits per heavy atom.